The van der Waals surface area contributed by atoms with Gasteiger partial charge in [-0.05, 0) is 49.0 Å². The molecule has 0 bridgehead atoms. The summed E-state index contributed by atoms with van der Waals surface area (Å²) >= 11 is 0. The number of rotatable bonds is 7. The number of hydrogen-bond donors (Lipinski definition) is 0. The summed E-state index contributed by atoms with van der Waals surface area (Å²) in [7, 11) is 1.32. The average molecular weight is 339 g/mol. The van der Waals surface area contributed by atoms with Gasteiger partial charge in [0.25, 0.3) is 0 Å². The number of ether oxygens (including phenoxy) is 3. The molecule has 130 valence electrons. The number of benzene rings is 1. The first-order valence-corrected chi connectivity index (χ1v) is 8.19. The second-order valence-electron chi connectivity index (χ2n) is 6.20. The molecule has 0 spiro atoms. The molecule has 1 heterocycles. The van der Waals surface area contributed by atoms with E-state index >= 15 is 0 Å². The van der Waals surface area contributed by atoms with Gasteiger partial charge in [0.05, 0.1) is 19.5 Å². The van der Waals surface area contributed by atoms with Crippen LogP contribution < -0.4 is 9.47 Å². The van der Waals surface area contributed by atoms with Crippen LogP contribution in [0.25, 0.3) is 0 Å². The van der Waals surface area contributed by atoms with Crippen molar-refractivity contribution in [3.63, 3.8) is 0 Å². The van der Waals surface area contributed by atoms with Crippen LogP contribution >= 0.6 is 0 Å². The Labute approximate surface area is 147 Å². The van der Waals surface area contributed by atoms with Gasteiger partial charge < -0.3 is 14.2 Å². The second kappa shape index (κ2) is 7.38. The minimum atomic E-state index is -0.535. The second-order valence-corrected chi connectivity index (χ2v) is 6.20. The van der Waals surface area contributed by atoms with Crippen LogP contribution in [0.15, 0.2) is 48.8 Å². The summed E-state index contributed by atoms with van der Waals surface area (Å²) in [6, 6.07) is 7.90. The highest BCUT2D eigenvalue weighted by molar-refractivity contribution is 5.95. The molecule has 5 heteroatoms. The van der Waals surface area contributed by atoms with E-state index in [0.29, 0.717) is 23.2 Å². The number of carbonyl (C=O) groups excluding carboxylic acids is 1. The van der Waals surface area contributed by atoms with E-state index in [0.717, 1.165) is 5.57 Å². The zero-order chi connectivity index (χ0) is 17.8. The molecule has 0 radical (unpaired) electrons. The Kier molecular flexibility index (Phi) is 5.03. The van der Waals surface area contributed by atoms with Gasteiger partial charge >= 0.3 is 5.97 Å². The van der Waals surface area contributed by atoms with E-state index in [4.69, 9.17) is 14.2 Å². The Hall–Kier alpha value is -2.82. The monoisotopic (exact) mass is 339 g/mol. The molecule has 1 aliphatic rings. The van der Waals surface area contributed by atoms with Gasteiger partial charge in [-0.15, -0.1) is 0 Å². The number of carbonyl (C=O) groups is 1. The van der Waals surface area contributed by atoms with E-state index in [1.54, 1.807) is 0 Å². The fraction of sp³-hybridized carbons (Fsp3) is 0.300. The number of hydrogen-bond acceptors (Lipinski definition) is 5. The Morgan fingerprint density at radius 2 is 2.04 bits per heavy atom. The maximum absolute atomic E-state index is 12.2. The number of nitrogens with zero attached hydrogens (tertiary/aromatic N) is 1. The van der Waals surface area contributed by atoms with E-state index in [9.17, 15) is 4.79 Å². The van der Waals surface area contributed by atoms with Gasteiger partial charge in [0.1, 0.15) is 17.9 Å². The molecule has 1 aromatic heterocycles. The third-order valence-corrected chi connectivity index (χ3v) is 3.87. The topological polar surface area (TPSA) is 57.7 Å². The highest BCUT2D eigenvalue weighted by atomic mass is 16.5. The molecule has 0 saturated heterocycles. The molecule has 1 fully saturated rings. The normalized spacial score (nSPS) is 13.2. The first-order valence-electron chi connectivity index (χ1n) is 8.19. The van der Waals surface area contributed by atoms with Crippen molar-refractivity contribution in [3.05, 3.63) is 59.9 Å². The predicted molar refractivity (Wildman–Crippen MR) is 94.4 cm³/mol. The molecule has 1 aliphatic carbocycles. The fourth-order valence-corrected chi connectivity index (χ4v) is 2.49. The van der Waals surface area contributed by atoms with Crippen LogP contribution in [0.5, 0.6) is 17.2 Å². The van der Waals surface area contributed by atoms with E-state index < -0.39 is 5.97 Å². The third kappa shape index (κ3) is 4.18. The highest BCUT2D eigenvalue weighted by Gasteiger charge is 2.24. The summed E-state index contributed by atoms with van der Waals surface area (Å²) in [6.45, 7) is 5.92. The standard InChI is InChI=1S/C20H21NO4/c1-13(2)12-24-17-10-21-11-18(19(17)20(22)23-3)25-16-6-4-5-15(9-16)14-7-8-14/h4-6,9-11,14H,1,7-8,12H2,2-3H3. The Bertz CT molecular complexity index is 796. The molecule has 25 heavy (non-hydrogen) atoms. The number of methoxy groups -OCH3 is 1. The van der Waals surface area contributed by atoms with Crippen LogP contribution in [0.4, 0.5) is 0 Å². The molecule has 3 rings (SSSR count). The first-order chi connectivity index (χ1) is 12.1. The Balaban J connectivity index is 1.91. The fourth-order valence-electron chi connectivity index (χ4n) is 2.49. The van der Waals surface area contributed by atoms with Crippen LogP contribution in [-0.4, -0.2) is 24.7 Å². The van der Waals surface area contributed by atoms with Crippen LogP contribution in [0.1, 0.15) is 41.6 Å². The van der Waals surface area contributed by atoms with Gasteiger partial charge in [0.2, 0.25) is 0 Å². The lowest BCUT2D eigenvalue weighted by molar-refractivity contribution is 0.0593. The summed E-state index contributed by atoms with van der Waals surface area (Å²) in [5.41, 5.74) is 2.30. The van der Waals surface area contributed by atoms with Crippen molar-refractivity contribution in [2.75, 3.05) is 13.7 Å². The van der Waals surface area contributed by atoms with Crippen molar-refractivity contribution in [1.82, 2.24) is 4.98 Å². The Morgan fingerprint density at radius 3 is 2.72 bits per heavy atom. The predicted octanol–water partition coefficient (Wildman–Crippen LogP) is 4.49. The minimum Gasteiger partial charge on any atom is -0.487 e. The number of esters is 1. The van der Waals surface area contributed by atoms with Crippen molar-refractivity contribution in [3.8, 4) is 17.2 Å². The van der Waals surface area contributed by atoms with Crippen molar-refractivity contribution < 1.29 is 19.0 Å². The van der Waals surface area contributed by atoms with Crippen molar-refractivity contribution >= 4 is 5.97 Å². The van der Waals surface area contributed by atoms with Gasteiger partial charge in [-0.2, -0.15) is 0 Å². The van der Waals surface area contributed by atoms with Crippen molar-refractivity contribution in [1.29, 1.82) is 0 Å². The number of pyridine rings is 1. The molecule has 0 aliphatic heterocycles. The van der Waals surface area contributed by atoms with Crippen molar-refractivity contribution in [2.24, 2.45) is 0 Å². The smallest absolute Gasteiger partial charge is 0.345 e. The zero-order valence-electron chi connectivity index (χ0n) is 14.5. The molecule has 0 amide bonds. The molecule has 0 N–H and O–H groups in total. The van der Waals surface area contributed by atoms with E-state index in [1.807, 2.05) is 25.1 Å². The molecule has 0 unspecified atom stereocenters. The summed E-state index contributed by atoms with van der Waals surface area (Å²) in [4.78, 5) is 16.4. The van der Waals surface area contributed by atoms with Gasteiger partial charge in [0, 0.05) is 0 Å². The summed E-state index contributed by atoms with van der Waals surface area (Å²) in [5, 5.41) is 0. The Morgan fingerprint density at radius 1 is 1.28 bits per heavy atom. The van der Waals surface area contributed by atoms with Gasteiger partial charge in [-0.1, -0.05) is 18.7 Å². The molecular formula is C20H21NO4. The van der Waals surface area contributed by atoms with Crippen molar-refractivity contribution in [2.45, 2.75) is 25.7 Å². The lowest BCUT2D eigenvalue weighted by atomic mass is 10.1. The average Bonchev–Trinajstić information content (AvgIpc) is 3.45. The SMILES string of the molecule is C=C(C)COc1cncc(Oc2cccc(C3CC3)c2)c1C(=O)OC. The van der Waals surface area contributed by atoms with E-state index in [1.165, 1.54) is 37.9 Å². The lowest BCUT2D eigenvalue weighted by Gasteiger charge is -2.14. The van der Waals surface area contributed by atoms with Gasteiger partial charge in [-0.25, -0.2) is 4.79 Å². The molecule has 5 nitrogen and oxygen atoms in total. The van der Waals surface area contributed by atoms with Crippen LogP contribution in [-0.2, 0) is 4.74 Å². The summed E-state index contributed by atoms with van der Waals surface area (Å²) in [6.07, 6.45) is 5.39. The van der Waals surface area contributed by atoms with Gasteiger partial charge in [-0.3, -0.25) is 4.98 Å². The molecular weight excluding hydrogens is 318 g/mol. The highest BCUT2D eigenvalue weighted by Crippen LogP contribution is 2.41. The minimum absolute atomic E-state index is 0.218. The van der Waals surface area contributed by atoms with E-state index in [2.05, 4.69) is 17.6 Å². The van der Waals surface area contributed by atoms with Crippen LogP contribution in [0.3, 0.4) is 0 Å². The number of aromatic nitrogens is 1. The maximum Gasteiger partial charge on any atom is 0.345 e. The van der Waals surface area contributed by atoms with Gasteiger partial charge in [0.15, 0.2) is 11.5 Å². The van der Waals surface area contributed by atoms with E-state index in [-0.39, 0.29) is 12.2 Å². The first kappa shape index (κ1) is 17.0. The quantitative estimate of drug-likeness (QED) is 0.549. The zero-order valence-corrected chi connectivity index (χ0v) is 14.5. The van der Waals surface area contributed by atoms with Crippen LogP contribution in [0, 0.1) is 0 Å². The van der Waals surface area contributed by atoms with Crippen LogP contribution in [0.2, 0.25) is 0 Å². The summed E-state index contributed by atoms with van der Waals surface area (Å²) in [5.74, 6) is 1.36. The molecule has 1 saturated carbocycles. The third-order valence-electron chi connectivity index (χ3n) is 3.87. The largest absolute Gasteiger partial charge is 0.487 e. The maximum atomic E-state index is 12.2. The lowest BCUT2D eigenvalue weighted by Crippen LogP contribution is -2.09. The summed E-state index contributed by atoms with van der Waals surface area (Å²) < 4.78 is 16.4. The molecule has 0 atom stereocenters. The molecule has 2 aromatic rings. The molecule has 1 aromatic carbocycles.